The molecule has 0 aliphatic heterocycles. The summed E-state index contributed by atoms with van der Waals surface area (Å²) in [5.41, 5.74) is 2.96. The lowest BCUT2D eigenvalue weighted by Gasteiger charge is -2.15. The van der Waals surface area contributed by atoms with E-state index in [4.69, 9.17) is 4.74 Å². The molecule has 0 aromatic carbocycles. The second kappa shape index (κ2) is 11.9. The van der Waals surface area contributed by atoms with Gasteiger partial charge in [-0.15, -0.1) is 0 Å². The first-order valence-corrected chi connectivity index (χ1v) is 9.35. The third-order valence-electron chi connectivity index (χ3n) is 4.67. The number of Topliss-reactive ketones (excluding diaryl/α,β-unsaturated/α-hetero) is 1. The zero-order chi connectivity index (χ0) is 19.5. The molecule has 0 fully saturated rings. The number of aromatic nitrogens is 1. The molecule has 0 amide bonds. The molecule has 0 saturated heterocycles. The van der Waals surface area contributed by atoms with Crippen LogP contribution < -0.4 is 0 Å². The molecule has 0 bridgehead atoms. The highest BCUT2D eigenvalue weighted by atomic mass is 16.5. The number of carbonyl (C=O) groups excluding carboxylic acids is 2. The van der Waals surface area contributed by atoms with E-state index in [0.717, 1.165) is 55.7 Å². The molecule has 1 heterocycles. The smallest absolute Gasteiger partial charge is 0.305 e. The summed E-state index contributed by atoms with van der Waals surface area (Å²) in [5, 5.41) is 0. The molecular weight excluding hydrogens is 332 g/mol. The number of ether oxygens (including phenoxy) is 2. The number of hydrogen-bond acceptors (Lipinski definition) is 5. The van der Waals surface area contributed by atoms with Crippen LogP contribution in [0.5, 0.6) is 0 Å². The number of methoxy groups -OCH3 is 2. The molecule has 26 heavy (non-hydrogen) atoms. The van der Waals surface area contributed by atoms with Crippen LogP contribution in [0.25, 0.3) is 0 Å². The number of carbonyl (C=O) groups is 2. The van der Waals surface area contributed by atoms with E-state index in [-0.39, 0.29) is 11.8 Å². The topological polar surface area (TPSA) is 60.8 Å². The molecule has 0 radical (unpaired) electrons. The van der Waals surface area contributed by atoms with E-state index < -0.39 is 0 Å². The Morgan fingerprint density at radius 3 is 2.50 bits per heavy atom. The Morgan fingerprint density at radius 2 is 1.85 bits per heavy atom. The van der Waals surface area contributed by atoms with Gasteiger partial charge in [-0.25, -0.2) is 0 Å². The number of aryl methyl sites for hydroxylation is 1. The molecule has 0 aliphatic carbocycles. The number of esters is 1. The number of ketones is 1. The number of unbranched alkanes of at least 4 members (excludes halogenated alkanes) is 2. The van der Waals surface area contributed by atoms with Crippen molar-refractivity contribution in [2.75, 3.05) is 41.0 Å². The van der Waals surface area contributed by atoms with Crippen molar-refractivity contribution in [3.8, 4) is 0 Å². The van der Waals surface area contributed by atoms with Crippen LogP contribution in [0.4, 0.5) is 0 Å². The van der Waals surface area contributed by atoms with E-state index in [1.807, 2.05) is 31.9 Å². The summed E-state index contributed by atoms with van der Waals surface area (Å²) >= 11 is 0. The first-order chi connectivity index (χ1) is 12.4. The summed E-state index contributed by atoms with van der Waals surface area (Å²) in [6, 6.07) is 2.00. The average Bonchev–Trinajstić information content (AvgIpc) is 2.89. The van der Waals surface area contributed by atoms with Crippen molar-refractivity contribution in [1.29, 1.82) is 0 Å². The van der Waals surface area contributed by atoms with Crippen molar-refractivity contribution < 1.29 is 19.1 Å². The van der Waals surface area contributed by atoms with Crippen LogP contribution in [-0.2, 0) is 20.8 Å². The molecule has 0 spiro atoms. The van der Waals surface area contributed by atoms with Gasteiger partial charge in [-0.05, 0) is 46.2 Å². The minimum absolute atomic E-state index is 0.152. The first-order valence-electron chi connectivity index (χ1n) is 9.35. The van der Waals surface area contributed by atoms with Gasteiger partial charge < -0.3 is 14.0 Å². The second-order valence-electron chi connectivity index (χ2n) is 6.83. The van der Waals surface area contributed by atoms with E-state index in [1.165, 1.54) is 7.11 Å². The summed E-state index contributed by atoms with van der Waals surface area (Å²) < 4.78 is 11.9. The van der Waals surface area contributed by atoms with Crippen LogP contribution in [0.2, 0.25) is 0 Å². The van der Waals surface area contributed by atoms with Crippen molar-refractivity contribution in [3.63, 3.8) is 0 Å². The molecule has 6 heteroatoms. The van der Waals surface area contributed by atoms with E-state index >= 15 is 0 Å². The van der Waals surface area contributed by atoms with E-state index in [1.54, 1.807) is 7.11 Å². The van der Waals surface area contributed by atoms with E-state index in [0.29, 0.717) is 19.6 Å². The van der Waals surface area contributed by atoms with Crippen LogP contribution in [0.15, 0.2) is 6.07 Å². The molecule has 0 saturated carbocycles. The van der Waals surface area contributed by atoms with E-state index in [2.05, 4.69) is 9.30 Å². The Balaban J connectivity index is 2.52. The summed E-state index contributed by atoms with van der Waals surface area (Å²) in [4.78, 5) is 25.8. The number of rotatable bonds is 13. The average molecular weight is 367 g/mol. The number of hydrogen-bond donors (Lipinski definition) is 0. The first kappa shape index (κ1) is 22.4. The Bertz CT molecular complexity index is 581. The van der Waals surface area contributed by atoms with Gasteiger partial charge in [-0.1, -0.05) is 6.42 Å². The largest absolute Gasteiger partial charge is 0.469 e. The highest BCUT2D eigenvalue weighted by Crippen LogP contribution is 2.17. The van der Waals surface area contributed by atoms with Crippen molar-refractivity contribution in [1.82, 2.24) is 9.47 Å². The van der Waals surface area contributed by atoms with Crippen molar-refractivity contribution in [2.45, 2.75) is 52.5 Å². The van der Waals surface area contributed by atoms with Gasteiger partial charge in [0.05, 0.1) is 13.7 Å². The molecule has 0 aliphatic rings. The highest BCUT2D eigenvalue weighted by Gasteiger charge is 2.17. The molecule has 1 rings (SSSR count). The maximum Gasteiger partial charge on any atom is 0.305 e. The molecule has 0 N–H and O–H groups in total. The fourth-order valence-corrected chi connectivity index (χ4v) is 3.13. The van der Waals surface area contributed by atoms with Gasteiger partial charge in [0.25, 0.3) is 0 Å². The predicted molar refractivity (Wildman–Crippen MR) is 103 cm³/mol. The van der Waals surface area contributed by atoms with Gasteiger partial charge in [0.15, 0.2) is 5.78 Å². The standard InChI is InChI=1S/C20H34N2O4/c1-16-14-18(19(23)15-21(3)11-9-13-25-4)17(2)22(16)12-8-6-7-10-20(24)26-5/h14H,6-13,15H2,1-5H3. The lowest BCUT2D eigenvalue weighted by atomic mass is 10.1. The lowest BCUT2D eigenvalue weighted by molar-refractivity contribution is -0.140. The molecule has 6 nitrogen and oxygen atoms in total. The zero-order valence-electron chi connectivity index (χ0n) is 17.0. The molecule has 0 unspecified atom stereocenters. The molecule has 1 aromatic heterocycles. The van der Waals surface area contributed by atoms with Crippen molar-refractivity contribution >= 4 is 11.8 Å². The van der Waals surface area contributed by atoms with Gasteiger partial charge in [0.2, 0.25) is 0 Å². The predicted octanol–water partition coefficient (Wildman–Crippen LogP) is 2.99. The fraction of sp³-hybridized carbons (Fsp3) is 0.700. The van der Waals surface area contributed by atoms with Gasteiger partial charge in [-0.2, -0.15) is 0 Å². The maximum absolute atomic E-state index is 12.6. The molecule has 0 atom stereocenters. The second-order valence-corrected chi connectivity index (χ2v) is 6.83. The SMILES string of the molecule is COCCCN(C)CC(=O)c1cc(C)n(CCCCCC(=O)OC)c1C. The van der Waals surface area contributed by atoms with Crippen LogP contribution in [0, 0.1) is 13.8 Å². The fourth-order valence-electron chi connectivity index (χ4n) is 3.13. The molecule has 1 aromatic rings. The van der Waals surface area contributed by atoms with Crippen LogP contribution in [0.1, 0.15) is 53.8 Å². The van der Waals surface area contributed by atoms with Crippen LogP contribution in [-0.4, -0.2) is 62.2 Å². The maximum atomic E-state index is 12.6. The monoisotopic (exact) mass is 366 g/mol. The third-order valence-corrected chi connectivity index (χ3v) is 4.67. The Labute approximate surface area is 157 Å². The van der Waals surface area contributed by atoms with Crippen molar-refractivity contribution in [2.24, 2.45) is 0 Å². The summed E-state index contributed by atoms with van der Waals surface area (Å²) in [6.45, 7) is 6.91. The van der Waals surface area contributed by atoms with Crippen LogP contribution >= 0.6 is 0 Å². The van der Waals surface area contributed by atoms with Gasteiger partial charge in [0, 0.05) is 50.2 Å². The quantitative estimate of drug-likeness (QED) is 0.305. The zero-order valence-corrected chi connectivity index (χ0v) is 17.0. The number of likely N-dealkylation sites (N-methyl/N-ethyl adjacent to an activating group) is 1. The minimum Gasteiger partial charge on any atom is -0.469 e. The minimum atomic E-state index is -0.152. The number of nitrogens with zero attached hydrogens (tertiary/aromatic N) is 2. The van der Waals surface area contributed by atoms with Gasteiger partial charge in [-0.3, -0.25) is 14.5 Å². The highest BCUT2D eigenvalue weighted by molar-refractivity contribution is 5.99. The molecule has 148 valence electrons. The summed E-state index contributed by atoms with van der Waals surface area (Å²) in [6.07, 6.45) is 4.18. The Hall–Kier alpha value is -1.66. The summed E-state index contributed by atoms with van der Waals surface area (Å²) in [5.74, 6) is 0.00999. The van der Waals surface area contributed by atoms with Gasteiger partial charge >= 0.3 is 5.97 Å². The van der Waals surface area contributed by atoms with Gasteiger partial charge in [0.1, 0.15) is 0 Å². The van der Waals surface area contributed by atoms with Crippen LogP contribution in [0.3, 0.4) is 0 Å². The Morgan fingerprint density at radius 1 is 1.12 bits per heavy atom. The lowest BCUT2D eigenvalue weighted by Crippen LogP contribution is -2.27. The Kier molecular flexibility index (Phi) is 10.2. The third kappa shape index (κ3) is 7.30. The van der Waals surface area contributed by atoms with E-state index in [9.17, 15) is 9.59 Å². The molecular formula is C20H34N2O4. The summed E-state index contributed by atoms with van der Waals surface area (Å²) in [7, 11) is 5.08. The van der Waals surface area contributed by atoms with Crippen molar-refractivity contribution in [3.05, 3.63) is 23.0 Å². The normalized spacial score (nSPS) is 11.2.